The van der Waals surface area contributed by atoms with Crippen LogP contribution in [-0.4, -0.2) is 41.6 Å². The van der Waals surface area contributed by atoms with Crippen LogP contribution in [0, 0.1) is 23.1 Å². The number of nitrogens with one attached hydrogen (secondary N) is 2. The predicted molar refractivity (Wildman–Crippen MR) is 130 cm³/mol. The molecule has 3 saturated carbocycles. The second kappa shape index (κ2) is 8.36. The Balaban J connectivity index is 1.28. The molecular formula is C27H31F3N4O2. The monoisotopic (exact) mass is 500 g/mol. The first kappa shape index (κ1) is 23.6. The number of hydrogen-bond donors (Lipinski definition) is 2. The quantitative estimate of drug-likeness (QED) is 0.588. The van der Waals surface area contributed by atoms with Gasteiger partial charge in [0.25, 0.3) is 17.9 Å². The number of nitrogens with zero attached hydrogens (tertiary/aromatic N) is 2. The average Bonchev–Trinajstić information content (AvgIpc) is 3.65. The molecule has 9 heteroatoms. The van der Waals surface area contributed by atoms with Crippen molar-refractivity contribution < 1.29 is 18.0 Å². The molecule has 36 heavy (non-hydrogen) atoms. The van der Waals surface area contributed by atoms with Crippen molar-refractivity contribution in [3.63, 3.8) is 0 Å². The van der Waals surface area contributed by atoms with Gasteiger partial charge in [0.1, 0.15) is 5.82 Å². The molecule has 1 amide bonds. The van der Waals surface area contributed by atoms with Crippen molar-refractivity contribution in [1.29, 1.82) is 0 Å². The molecule has 4 fully saturated rings. The van der Waals surface area contributed by atoms with Crippen LogP contribution in [0.2, 0.25) is 0 Å². The highest BCUT2D eigenvalue weighted by Crippen LogP contribution is 2.67. The smallest absolute Gasteiger partial charge is 0.266 e. The van der Waals surface area contributed by atoms with Gasteiger partial charge in [0, 0.05) is 43.0 Å². The first-order chi connectivity index (χ1) is 17.2. The molecule has 5 atom stereocenters. The Morgan fingerprint density at radius 3 is 2.47 bits per heavy atom. The third-order valence-corrected chi connectivity index (χ3v) is 8.96. The summed E-state index contributed by atoms with van der Waals surface area (Å²) in [5, 5.41) is 6.22. The molecule has 3 aliphatic carbocycles. The minimum absolute atomic E-state index is 0.000596. The van der Waals surface area contributed by atoms with Gasteiger partial charge >= 0.3 is 0 Å². The number of pyridine rings is 1. The number of alkyl halides is 2. The summed E-state index contributed by atoms with van der Waals surface area (Å²) in [6.45, 7) is 3.52. The van der Waals surface area contributed by atoms with Crippen LogP contribution in [0.5, 0.6) is 0 Å². The predicted octanol–water partition coefficient (Wildman–Crippen LogP) is 4.50. The Bertz CT molecular complexity index is 1260. The van der Waals surface area contributed by atoms with Crippen molar-refractivity contribution in [1.82, 2.24) is 14.8 Å². The number of carbonyl (C=O) groups is 1. The highest BCUT2D eigenvalue weighted by atomic mass is 19.3. The number of aromatic nitrogens is 1. The molecule has 2 N–H and O–H groups in total. The van der Waals surface area contributed by atoms with Crippen LogP contribution in [0.1, 0.15) is 72.6 Å². The number of halogens is 3. The summed E-state index contributed by atoms with van der Waals surface area (Å²) >= 11 is 0. The molecule has 2 aromatic rings. The van der Waals surface area contributed by atoms with Crippen molar-refractivity contribution in [3.05, 3.63) is 63.3 Å². The Kier molecular flexibility index (Phi) is 5.48. The molecule has 1 aromatic heterocycles. The van der Waals surface area contributed by atoms with E-state index in [2.05, 4.69) is 22.6 Å². The third kappa shape index (κ3) is 3.83. The zero-order valence-electron chi connectivity index (χ0n) is 20.4. The Hall–Kier alpha value is -2.81. The molecule has 1 spiro atoms. The van der Waals surface area contributed by atoms with Crippen LogP contribution in [-0.2, 0) is 0 Å². The molecule has 0 unspecified atom stereocenters. The number of anilines is 1. The van der Waals surface area contributed by atoms with E-state index in [1.165, 1.54) is 18.2 Å². The number of carbonyl (C=O) groups excluding carboxylic acids is 1. The average molecular weight is 501 g/mol. The standard InChI is InChI=1S/C27H31F3N4O2/c1-14(15-5-3-6-16(23(15)28)25(29)30)31-26(36)19-13-34(21-10-27(21)7-4-8-27)22(35)9-20(19)32-24-17-11-33(2)12-18(17)24/h3,5-6,9,13-14,17-18,21,24-25,32H,4,7-8,10-12H2,1-2H3,(H,31,36)/t14-,17-,18+,21-,24+/m1/s1. The van der Waals surface area contributed by atoms with Crippen LogP contribution in [0.25, 0.3) is 0 Å². The van der Waals surface area contributed by atoms with Gasteiger partial charge in [-0.15, -0.1) is 0 Å². The van der Waals surface area contributed by atoms with Crippen LogP contribution in [0.4, 0.5) is 18.9 Å². The van der Waals surface area contributed by atoms with Gasteiger partial charge in [-0.2, -0.15) is 0 Å². The lowest BCUT2D eigenvalue weighted by molar-refractivity contribution is 0.0939. The molecule has 1 saturated heterocycles. The van der Waals surface area contributed by atoms with E-state index in [0.717, 1.165) is 44.8 Å². The van der Waals surface area contributed by atoms with Gasteiger partial charge in [0.2, 0.25) is 0 Å². The SMILES string of the molecule is C[C@@H](NC(=O)c1cn([C@@H]2CC23CCC3)c(=O)cc1N[C@H]1[C@@H]2CN(C)C[C@@H]21)c1cccc(C(F)F)c1F. The molecule has 0 radical (unpaired) electrons. The van der Waals surface area contributed by atoms with Crippen molar-refractivity contribution in [2.45, 2.75) is 57.2 Å². The molecule has 6 nitrogen and oxygen atoms in total. The van der Waals surface area contributed by atoms with Gasteiger partial charge in [0.05, 0.1) is 22.9 Å². The van der Waals surface area contributed by atoms with E-state index in [9.17, 15) is 22.8 Å². The summed E-state index contributed by atoms with van der Waals surface area (Å²) in [6.07, 6.45) is 3.00. The van der Waals surface area contributed by atoms with Gasteiger partial charge in [-0.05, 0) is 50.5 Å². The highest BCUT2D eigenvalue weighted by molar-refractivity contribution is 5.99. The number of hydrogen-bond acceptors (Lipinski definition) is 4. The van der Waals surface area contributed by atoms with Gasteiger partial charge in [-0.3, -0.25) is 9.59 Å². The Labute approximate surface area is 207 Å². The zero-order valence-corrected chi connectivity index (χ0v) is 20.4. The number of benzene rings is 1. The Morgan fingerprint density at radius 1 is 1.17 bits per heavy atom. The van der Waals surface area contributed by atoms with Crippen LogP contribution < -0.4 is 16.2 Å². The molecule has 192 valence electrons. The summed E-state index contributed by atoms with van der Waals surface area (Å²) in [4.78, 5) is 28.8. The molecule has 1 aromatic carbocycles. The lowest BCUT2D eigenvalue weighted by Crippen LogP contribution is -2.32. The summed E-state index contributed by atoms with van der Waals surface area (Å²) in [6, 6.07) is 4.80. The minimum atomic E-state index is -2.94. The van der Waals surface area contributed by atoms with E-state index >= 15 is 0 Å². The van der Waals surface area contributed by atoms with E-state index in [-0.39, 0.29) is 28.6 Å². The number of rotatable bonds is 7. The molecule has 2 heterocycles. The van der Waals surface area contributed by atoms with Crippen molar-refractivity contribution in [2.75, 3.05) is 25.5 Å². The fourth-order valence-electron chi connectivity index (χ4n) is 6.53. The lowest BCUT2D eigenvalue weighted by Gasteiger charge is -2.27. The summed E-state index contributed by atoms with van der Waals surface area (Å²) in [5.74, 6) is -0.504. The maximum Gasteiger partial charge on any atom is 0.266 e. The molecule has 6 rings (SSSR count). The van der Waals surface area contributed by atoms with Crippen LogP contribution in [0.3, 0.4) is 0 Å². The summed E-state index contributed by atoms with van der Waals surface area (Å²) in [7, 11) is 2.08. The minimum Gasteiger partial charge on any atom is -0.381 e. The van der Waals surface area contributed by atoms with Gasteiger partial charge in [-0.25, -0.2) is 13.2 Å². The number of likely N-dealkylation sites (tertiary alicyclic amines) is 1. The fourth-order valence-corrected chi connectivity index (χ4v) is 6.53. The first-order valence-electron chi connectivity index (χ1n) is 12.8. The number of amides is 1. The van der Waals surface area contributed by atoms with Crippen molar-refractivity contribution in [3.8, 4) is 0 Å². The van der Waals surface area contributed by atoms with Gasteiger partial charge < -0.3 is 20.1 Å². The molecule has 0 bridgehead atoms. The Morgan fingerprint density at radius 2 is 1.86 bits per heavy atom. The normalized spacial score (nSPS) is 28.5. The summed E-state index contributed by atoms with van der Waals surface area (Å²) < 4.78 is 42.8. The lowest BCUT2D eigenvalue weighted by atomic mass is 9.81. The van der Waals surface area contributed by atoms with Crippen molar-refractivity contribution in [2.24, 2.45) is 17.3 Å². The van der Waals surface area contributed by atoms with E-state index in [4.69, 9.17) is 0 Å². The fraction of sp³-hybridized carbons (Fsp3) is 0.556. The second-order valence-electron chi connectivity index (χ2n) is 11.2. The first-order valence-corrected chi connectivity index (χ1v) is 12.8. The number of piperidine rings is 1. The topological polar surface area (TPSA) is 66.4 Å². The third-order valence-electron chi connectivity index (χ3n) is 8.96. The highest BCUT2D eigenvalue weighted by Gasteiger charge is 2.59. The maximum absolute atomic E-state index is 14.7. The molecular weight excluding hydrogens is 469 g/mol. The van der Waals surface area contributed by atoms with Gasteiger partial charge in [-0.1, -0.05) is 24.6 Å². The number of fused-ring (bicyclic) bond motifs is 1. The molecule has 4 aliphatic rings. The van der Waals surface area contributed by atoms with Crippen LogP contribution in [0.15, 0.2) is 35.3 Å². The van der Waals surface area contributed by atoms with E-state index in [1.807, 2.05) is 0 Å². The second-order valence-corrected chi connectivity index (χ2v) is 11.2. The molecule has 1 aliphatic heterocycles. The van der Waals surface area contributed by atoms with E-state index in [1.54, 1.807) is 17.7 Å². The van der Waals surface area contributed by atoms with E-state index < -0.39 is 29.8 Å². The zero-order chi connectivity index (χ0) is 25.4. The summed E-state index contributed by atoms with van der Waals surface area (Å²) in [5.41, 5.74) is 0.180. The van der Waals surface area contributed by atoms with E-state index in [0.29, 0.717) is 23.1 Å². The van der Waals surface area contributed by atoms with Crippen molar-refractivity contribution >= 4 is 11.6 Å². The van der Waals surface area contributed by atoms with Gasteiger partial charge in [0.15, 0.2) is 0 Å². The maximum atomic E-state index is 14.7. The largest absolute Gasteiger partial charge is 0.381 e. The van der Waals surface area contributed by atoms with Crippen LogP contribution >= 0.6 is 0 Å².